The van der Waals surface area contributed by atoms with E-state index in [-0.39, 0.29) is 10.1 Å². The smallest absolute Gasteiger partial charge is 0.342 e. The van der Waals surface area contributed by atoms with Gasteiger partial charge in [-0.05, 0) is 72.3 Å². The Hall–Kier alpha value is -2.77. The number of aliphatic carboxylic acids is 1. The molecule has 0 aliphatic heterocycles. The van der Waals surface area contributed by atoms with Crippen LogP contribution in [0.5, 0.6) is 5.75 Å². The molecule has 0 saturated carbocycles. The maximum absolute atomic E-state index is 11.6. The number of nitrogens with zero attached hydrogens (tertiary/aromatic N) is 2. The van der Waals surface area contributed by atoms with E-state index in [4.69, 9.17) is 20.8 Å². The van der Waals surface area contributed by atoms with Crippen LogP contribution in [-0.4, -0.2) is 28.4 Å². The molecule has 3 rings (SSSR count). The molecule has 0 bridgehead atoms. The topological polar surface area (TPSA) is 85.5 Å². The van der Waals surface area contributed by atoms with E-state index in [9.17, 15) is 9.90 Å². The third kappa shape index (κ3) is 4.69. The SMILES string of the molecule is COc1ccc(/C=C(\Sc2nnc(-c3ccc(Cl)cc3)o2)C(=O)O)c(C)c1. The zero-order chi connectivity index (χ0) is 19.4. The summed E-state index contributed by atoms with van der Waals surface area (Å²) in [5.41, 5.74) is 2.35. The molecular formula is C19H15ClN2O4S. The lowest BCUT2D eigenvalue weighted by molar-refractivity contribution is -0.131. The number of hydrogen-bond donors (Lipinski definition) is 1. The van der Waals surface area contributed by atoms with Crippen molar-refractivity contribution < 1.29 is 19.1 Å². The van der Waals surface area contributed by atoms with Gasteiger partial charge in [0.15, 0.2) is 0 Å². The summed E-state index contributed by atoms with van der Waals surface area (Å²) < 4.78 is 10.7. The van der Waals surface area contributed by atoms with Gasteiger partial charge in [0, 0.05) is 10.6 Å². The average molecular weight is 403 g/mol. The fourth-order valence-corrected chi connectivity index (χ4v) is 3.06. The maximum Gasteiger partial charge on any atom is 0.342 e. The lowest BCUT2D eigenvalue weighted by atomic mass is 10.1. The molecule has 0 fully saturated rings. The van der Waals surface area contributed by atoms with Crippen LogP contribution in [0.3, 0.4) is 0 Å². The molecule has 6 nitrogen and oxygen atoms in total. The highest BCUT2D eigenvalue weighted by atomic mass is 35.5. The molecule has 0 spiro atoms. The zero-order valence-electron chi connectivity index (χ0n) is 14.5. The Morgan fingerprint density at radius 2 is 1.96 bits per heavy atom. The predicted octanol–water partition coefficient (Wildman–Crippen LogP) is 4.92. The Bertz CT molecular complexity index is 999. The molecule has 0 atom stereocenters. The predicted molar refractivity (Wildman–Crippen MR) is 104 cm³/mol. The zero-order valence-corrected chi connectivity index (χ0v) is 16.0. The third-order valence-corrected chi connectivity index (χ3v) is 4.77. The number of methoxy groups -OCH3 is 1. The highest BCUT2D eigenvalue weighted by molar-refractivity contribution is 8.03. The number of thioether (sulfide) groups is 1. The Morgan fingerprint density at radius 3 is 2.59 bits per heavy atom. The molecule has 0 saturated heterocycles. The Labute approximate surface area is 164 Å². The van der Waals surface area contributed by atoms with Gasteiger partial charge in [-0.15, -0.1) is 10.2 Å². The molecule has 1 heterocycles. The number of benzene rings is 2. The first-order chi connectivity index (χ1) is 13.0. The fraction of sp³-hybridized carbons (Fsp3) is 0.105. The third-order valence-electron chi connectivity index (χ3n) is 3.67. The molecule has 0 unspecified atom stereocenters. The number of rotatable bonds is 6. The van der Waals surface area contributed by atoms with Gasteiger partial charge in [0.1, 0.15) is 10.7 Å². The van der Waals surface area contributed by atoms with Crippen LogP contribution < -0.4 is 4.74 Å². The molecule has 1 aromatic heterocycles. The molecule has 27 heavy (non-hydrogen) atoms. The van der Waals surface area contributed by atoms with Gasteiger partial charge < -0.3 is 14.3 Å². The van der Waals surface area contributed by atoms with E-state index < -0.39 is 5.97 Å². The van der Waals surface area contributed by atoms with Crippen LogP contribution in [0.1, 0.15) is 11.1 Å². The summed E-state index contributed by atoms with van der Waals surface area (Å²) in [6.07, 6.45) is 1.56. The van der Waals surface area contributed by atoms with E-state index in [0.717, 1.165) is 22.9 Å². The van der Waals surface area contributed by atoms with E-state index in [0.29, 0.717) is 22.2 Å². The van der Waals surface area contributed by atoms with Gasteiger partial charge in [0.05, 0.1) is 7.11 Å². The number of ether oxygens (including phenoxy) is 1. The lowest BCUT2D eigenvalue weighted by Crippen LogP contribution is -1.97. The lowest BCUT2D eigenvalue weighted by Gasteiger charge is -2.05. The highest BCUT2D eigenvalue weighted by Gasteiger charge is 2.16. The van der Waals surface area contributed by atoms with E-state index in [1.807, 2.05) is 13.0 Å². The summed E-state index contributed by atoms with van der Waals surface area (Å²) in [6, 6.07) is 12.3. The summed E-state index contributed by atoms with van der Waals surface area (Å²) in [7, 11) is 1.58. The van der Waals surface area contributed by atoms with Crippen molar-refractivity contribution in [1.82, 2.24) is 10.2 Å². The fourth-order valence-electron chi connectivity index (χ4n) is 2.27. The molecule has 0 radical (unpaired) electrons. The minimum atomic E-state index is -1.08. The van der Waals surface area contributed by atoms with Gasteiger partial charge in [-0.1, -0.05) is 17.7 Å². The summed E-state index contributed by atoms with van der Waals surface area (Å²) in [5.74, 6) is -0.0836. The molecule has 0 aliphatic rings. The number of carboxylic acids is 1. The second-order valence-corrected chi connectivity index (χ2v) is 6.95. The first-order valence-electron chi connectivity index (χ1n) is 7.83. The average Bonchev–Trinajstić information content (AvgIpc) is 3.11. The van der Waals surface area contributed by atoms with E-state index >= 15 is 0 Å². The summed E-state index contributed by atoms with van der Waals surface area (Å²) in [4.78, 5) is 11.7. The Balaban J connectivity index is 1.85. The van der Waals surface area contributed by atoms with Crippen molar-refractivity contribution in [2.45, 2.75) is 12.1 Å². The number of aromatic nitrogens is 2. The molecule has 2 aromatic carbocycles. The first-order valence-corrected chi connectivity index (χ1v) is 9.02. The minimum absolute atomic E-state index is 0.0644. The standard InChI is InChI=1S/C19H15ClN2O4S/c1-11-9-15(25-2)8-5-13(11)10-16(18(23)24)27-19-22-21-17(26-19)12-3-6-14(20)7-4-12/h3-10H,1-2H3,(H,23,24)/b16-10-. The van der Waals surface area contributed by atoms with Gasteiger partial charge in [-0.25, -0.2) is 4.79 Å². The molecule has 8 heteroatoms. The number of hydrogen-bond acceptors (Lipinski definition) is 6. The van der Waals surface area contributed by atoms with Crippen LogP contribution in [0.15, 0.2) is 57.0 Å². The summed E-state index contributed by atoms with van der Waals surface area (Å²) >= 11 is 6.76. The van der Waals surface area contributed by atoms with Crippen molar-refractivity contribution in [3.05, 3.63) is 63.5 Å². The Morgan fingerprint density at radius 1 is 1.22 bits per heavy atom. The van der Waals surface area contributed by atoms with Gasteiger partial charge in [-0.3, -0.25) is 0 Å². The number of carboxylic acid groups (broad SMARTS) is 1. The van der Waals surface area contributed by atoms with Crippen LogP contribution in [0, 0.1) is 6.92 Å². The van der Waals surface area contributed by atoms with Crippen LogP contribution >= 0.6 is 23.4 Å². The monoisotopic (exact) mass is 402 g/mol. The maximum atomic E-state index is 11.6. The van der Waals surface area contributed by atoms with Gasteiger partial charge in [0.25, 0.3) is 5.22 Å². The van der Waals surface area contributed by atoms with Gasteiger partial charge in [0.2, 0.25) is 5.89 Å². The largest absolute Gasteiger partial charge is 0.497 e. The normalized spacial score (nSPS) is 11.4. The second kappa shape index (κ2) is 8.28. The second-order valence-electron chi connectivity index (χ2n) is 5.52. The Kier molecular flexibility index (Phi) is 5.83. The number of halogens is 1. The van der Waals surface area contributed by atoms with Crippen LogP contribution in [0.2, 0.25) is 5.02 Å². The van der Waals surface area contributed by atoms with Crippen molar-refractivity contribution in [3.63, 3.8) is 0 Å². The number of carbonyl (C=O) groups is 1. The minimum Gasteiger partial charge on any atom is -0.497 e. The summed E-state index contributed by atoms with van der Waals surface area (Å²) in [6.45, 7) is 1.88. The molecule has 0 amide bonds. The molecule has 1 N–H and O–H groups in total. The van der Waals surface area contributed by atoms with Crippen molar-refractivity contribution in [3.8, 4) is 17.2 Å². The van der Waals surface area contributed by atoms with Crippen LogP contribution in [-0.2, 0) is 4.79 Å². The molecule has 138 valence electrons. The highest BCUT2D eigenvalue weighted by Crippen LogP contribution is 2.31. The van der Waals surface area contributed by atoms with Gasteiger partial charge >= 0.3 is 5.97 Å². The molecule has 0 aliphatic carbocycles. The summed E-state index contributed by atoms with van der Waals surface area (Å²) in [5, 5.41) is 18.1. The van der Waals surface area contributed by atoms with E-state index in [1.165, 1.54) is 0 Å². The van der Waals surface area contributed by atoms with Gasteiger partial charge in [-0.2, -0.15) is 0 Å². The van der Waals surface area contributed by atoms with Crippen molar-refractivity contribution >= 4 is 35.4 Å². The molecule has 3 aromatic rings. The first kappa shape index (κ1) is 19.0. The van der Waals surface area contributed by atoms with Crippen LogP contribution in [0.25, 0.3) is 17.5 Å². The van der Waals surface area contributed by atoms with E-state index in [1.54, 1.807) is 49.6 Å². The van der Waals surface area contributed by atoms with Crippen molar-refractivity contribution in [2.75, 3.05) is 7.11 Å². The molecular weight excluding hydrogens is 388 g/mol. The quantitative estimate of drug-likeness (QED) is 0.462. The van der Waals surface area contributed by atoms with E-state index in [2.05, 4.69) is 10.2 Å². The number of aryl methyl sites for hydroxylation is 1. The van der Waals surface area contributed by atoms with Crippen molar-refractivity contribution in [1.29, 1.82) is 0 Å². The van der Waals surface area contributed by atoms with Crippen LogP contribution in [0.4, 0.5) is 0 Å². The van der Waals surface area contributed by atoms with Crippen molar-refractivity contribution in [2.24, 2.45) is 0 Å².